The second-order valence-corrected chi connectivity index (χ2v) is 7.20. The summed E-state index contributed by atoms with van der Waals surface area (Å²) >= 11 is 1.32. The van der Waals surface area contributed by atoms with Gasteiger partial charge in [-0.1, -0.05) is 42.1 Å². The van der Waals surface area contributed by atoms with Crippen molar-refractivity contribution < 1.29 is 4.79 Å². The van der Waals surface area contributed by atoms with Gasteiger partial charge in [0.15, 0.2) is 5.16 Å². The molecule has 2 aromatic carbocycles. The van der Waals surface area contributed by atoms with Crippen LogP contribution in [0.2, 0.25) is 0 Å². The fourth-order valence-electron chi connectivity index (χ4n) is 3.22. The molecular weight excluding hydrogens is 374 g/mol. The van der Waals surface area contributed by atoms with E-state index in [1.54, 1.807) is 18.0 Å². The highest BCUT2D eigenvalue weighted by atomic mass is 32.2. The molecule has 0 aliphatic heterocycles. The van der Waals surface area contributed by atoms with Crippen LogP contribution in [0.15, 0.2) is 64.5 Å². The molecule has 4 aromatic rings. The van der Waals surface area contributed by atoms with Crippen LogP contribution in [0.25, 0.3) is 16.7 Å². The van der Waals surface area contributed by atoms with Gasteiger partial charge in [-0.05, 0) is 31.2 Å². The SMILES string of the molecule is CCN(C(=O)CSc1nnc2n(C)c(=O)c3ccccc3n12)c1ccccc1. The van der Waals surface area contributed by atoms with Crippen molar-refractivity contribution in [3.05, 3.63) is 65.0 Å². The molecule has 0 saturated carbocycles. The molecule has 0 aliphatic carbocycles. The average Bonchev–Trinajstić information content (AvgIpc) is 3.16. The Balaban J connectivity index is 1.68. The van der Waals surface area contributed by atoms with Gasteiger partial charge in [0.05, 0.1) is 16.7 Å². The van der Waals surface area contributed by atoms with Gasteiger partial charge in [-0.15, -0.1) is 10.2 Å². The van der Waals surface area contributed by atoms with Gasteiger partial charge in [-0.25, -0.2) is 0 Å². The maximum Gasteiger partial charge on any atom is 0.262 e. The minimum absolute atomic E-state index is 0.00965. The Bertz CT molecular complexity index is 1220. The van der Waals surface area contributed by atoms with E-state index in [9.17, 15) is 9.59 Å². The lowest BCUT2D eigenvalue weighted by Crippen LogP contribution is -2.32. The fraction of sp³-hybridized carbons (Fsp3) is 0.200. The number of hydrogen-bond donors (Lipinski definition) is 0. The number of rotatable bonds is 5. The van der Waals surface area contributed by atoms with Crippen LogP contribution < -0.4 is 10.5 Å². The van der Waals surface area contributed by atoms with E-state index < -0.39 is 0 Å². The topological polar surface area (TPSA) is 72.5 Å². The number of thioether (sulfide) groups is 1. The number of para-hydroxylation sites is 2. The molecule has 7 nitrogen and oxygen atoms in total. The Morgan fingerprint density at radius 1 is 1.07 bits per heavy atom. The van der Waals surface area contributed by atoms with Crippen LogP contribution in [0.3, 0.4) is 0 Å². The molecule has 0 aliphatic rings. The molecule has 2 heterocycles. The Hall–Kier alpha value is -3.13. The van der Waals surface area contributed by atoms with Crippen molar-refractivity contribution in [1.82, 2.24) is 19.2 Å². The zero-order chi connectivity index (χ0) is 19.7. The lowest BCUT2D eigenvalue weighted by molar-refractivity contribution is -0.116. The Kier molecular flexibility index (Phi) is 4.87. The summed E-state index contributed by atoms with van der Waals surface area (Å²) in [7, 11) is 1.67. The second kappa shape index (κ2) is 7.47. The summed E-state index contributed by atoms with van der Waals surface area (Å²) < 4.78 is 3.30. The number of benzene rings is 2. The molecule has 0 fully saturated rings. The predicted molar refractivity (Wildman–Crippen MR) is 111 cm³/mol. The van der Waals surface area contributed by atoms with E-state index in [0.717, 1.165) is 11.2 Å². The number of hydrogen-bond acceptors (Lipinski definition) is 5. The highest BCUT2D eigenvalue weighted by molar-refractivity contribution is 7.99. The van der Waals surface area contributed by atoms with Crippen LogP contribution >= 0.6 is 11.8 Å². The van der Waals surface area contributed by atoms with Crippen molar-refractivity contribution in [1.29, 1.82) is 0 Å². The maximum absolute atomic E-state index is 12.8. The fourth-order valence-corrected chi connectivity index (χ4v) is 4.04. The van der Waals surface area contributed by atoms with Crippen molar-refractivity contribution in [3.63, 3.8) is 0 Å². The van der Waals surface area contributed by atoms with E-state index in [0.29, 0.717) is 22.9 Å². The molecule has 0 unspecified atom stereocenters. The Morgan fingerprint density at radius 3 is 2.54 bits per heavy atom. The number of aromatic nitrogens is 4. The number of carbonyl (C=O) groups is 1. The smallest absolute Gasteiger partial charge is 0.262 e. The second-order valence-electron chi connectivity index (χ2n) is 6.26. The molecule has 0 spiro atoms. The van der Waals surface area contributed by atoms with E-state index in [2.05, 4.69) is 10.2 Å². The van der Waals surface area contributed by atoms with Crippen molar-refractivity contribution in [2.24, 2.45) is 7.05 Å². The summed E-state index contributed by atoms with van der Waals surface area (Å²) in [6.45, 7) is 2.53. The largest absolute Gasteiger partial charge is 0.312 e. The standard InChI is InChI=1S/C20H19N5O2S/c1-3-24(14-9-5-4-6-10-14)17(26)13-28-20-22-21-19-23(2)18(27)15-11-7-8-12-16(15)25(19)20/h4-12H,3,13H2,1-2H3. The van der Waals surface area contributed by atoms with Gasteiger partial charge >= 0.3 is 0 Å². The van der Waals surface area contributed by atoms with Crippen molar-refractivity contribution in [3.8, 4) is 0 Å². The van der Waals surface area contributed by atoms with Crippen molar-refractivity contribution >= 4 is 40.0 Å². The third kappa shape index (κ3) is 3.05. The summed E-state index contributed by atoms with van der Waals surface area (Å²) in [4.78, 5) is 27.0. The molecule has 28 heavy (non-hydrogen) atoms. The molecule has 8 heteroatoms. The zero-order valence-corrected chi connectivity index (χ0v) is 16.4. The summed E-state index contributed by atoms with van der Waals surface area (Å²) in [5, 5.41) is 9.55. The molecule has 4 rings (SSSR count). The van der Waals surface area contributed by atoms with Gasteiger partial charge in [0, 0.05) is 19.3 Å². The van der Waals surface area contributed by atoms with Gasteiger partial charge in [0.2, 0.25) is 11.7 Å². The molecule has 1 amide bonds. The molecule has 0 N–H and O–H groups in total. The van der Waals surface area contributed by atoms with Crippen molar-refractivity contribution in [2.75, 3.05) is 17.2 Å². The molecule has 0 saturated heterocycles. The lowest BCUT2D eigenvalue weighted by atomic mass is 10.2. The summed E-state index contributed by atoms with van der Waals surface area (Å²) in [6.07, 6.45) is 0. The van der Waals surface area contributed by atoms with E-state index in [4.69, 9.17) is 0 Å². The molecule has 142 valence electrons. The zero-order valence-electron chi connectivity index (χ0n) is 15.6. The van der Waals surface area contributed by atoms with Gasteiger partial charge < -0.3 is 4.90 Å². The number of carbonyl (C=O) groups excluding carboxylic acids is 1. The summed E-state index contributed by atoms with van der Waals surface area (Å²) in [5.74, 6) is 0.666. The van der Waals surface area contributed by atoms with Gasteiger partial charge in [-0.2, -0.15) is 0 Å². The van der Waals surface area contributed by atoms with E-state index in [1.165, 1.54) is 16.3 Å². The predicted octanol–water partition coefficient (Wildman–Crippen LogP) is 2.73. The molecule has 0 bridgehead atoms. The van der Waals surface area contributed by atoms with Gasteiger partial charge in [0.1, 0.15) is 0 Å². The number of amides is 1. The van der Waals surface area contributed by atoms with Crippen LogP contribution in [0.1, 0.15) is 6.92 Å². The lowest BCUT2D eigenvalue weighted by Gasteiger charge is -2.20. The van der Waals surface area contributed by atoms with E-state index >= 15 is 0 Å². The highest BCUT2D eigenvalue weighted by Gasteiger charge is 2.18. The summed E-state index contributed by atoms with van der Waals surface area (Å²) in [5.41, 5.74) is 1.48. The molecule has 0 radical (unpaired) electrons. The van der Waals surface area contributed by atoms with Gasteiger partial charge in [-0.3, -0.25) is 18.6 Å². The number of anilines is 1. The third-order valence-electron chi connectivity index (χ3n) is 4.61. The summed E-state index contributed by atoms with van der Waals surface area (Å²) in [6, 6.07) is 16.9. The van der Waals surface area contributed by atoms with Crippen LogP contribution in [0, 0.1) is 0 Å². The normalized spacial score (nSPS) is 11.2. The van der Waals surface area contributed by atoms with Crippen LogP contribution in [0.5, 0.6) is 0 Å². The molecule has 2 aromatic heterocycles. The maximum atomic E-state index is 12.8. The average molecular weight is 393 g/mol. The Labute approximate surface area is 165 Å². The van der Waals surface area contributed by atoms with E-state index in [1.807, 2.05) is 59.9 Å². The monoisotopic (exact) mass is 393 g/mol. The van der Waals surface area contributed by atoms with Crippen LogP contribution in [-0.2, 0) is 11.8 Å². The number of nitrogens with zero attached hydrogens (tertiary/aromatic N) is 5. The number of aryl methyl sites for hydroxylation is 1. The van der Waals surface area contributed by atoms with Crippen LogP contribution in [-0.4, -0.2) is 37.4 Å². The first-order valence-corrected chi connectivity index (χ1v) is 9.91. The van der Waals surface area contributed by atoms with Crippen LogP contribution in [0.4, 0.5) is 5.69 Å². The first kappa shape index (κ1) is 18.2. The Morgan fingerprint density at radius 2 is 1.79 bits per heavy atom. The molecular formula is C20H19N5O2S. The minimum Gasteiger partial charge on any atom is -0.312 e. The quantitative estimate of drug-likeness (QED) is 0.488. The third-order valence-corrected chi connectivity index (χ3v) is 5.52. The first-order valence-electron chi connectivity index (χ1n) is 8.93. The highest BCUT2D eigenvalue weighted by Crippen LogP contribution is 2.22. The minimum atomic E-state index is -0.121. The first-order chi connectivity index (χ1) is 13.6. The van der Waals surface area contributed by atoms with Gasteiger partial charge in [0.25, 0.3) is 5.56 Å². The number of fused-ring (bicyclic) bond motifs is 3. The molecule has 0 atom stereocenters. The van der Waals surface area contributed by atoms with E-state index in [-0.39, 0.29) is 17.2 Å². The van der Waals surface area contributed by atoms with Crippen molar-refractivity contribution in [2.45, 2.75) is 12.1 Å².